The van der Waals surface area contributed by atoms with Crippen LogP contribution in [0.3, 0.4) is 0 Å². The summed E-state index contributed by atoms with van der Waals surface area (Å²) in [5.74, 6) is 4.06. The van der Waals surface area contributed by atoms with E-state index in [0.717, 1.165) is 103 Å². The molecular formula is C63H99CsO14. The van der Waals surface area contributed by atoms with Crippen LogP contribution in [0.2, 0.25) is 0 Å². The van der Waals surface area contributed by atoms with Crippen LogP contribution in [-0.2, 0) is 52.4 Å². The smallest absolute Gasteiger partial charge is 0.550 e. The first-order valence-corrected chi connectivity index (χ1v) is 30.1. The molecule has 0 spiro atoms. The number of rotatable bonds is 14. The molecule has 0 amide bonds. The minimum atomic E-state index is -1.08. The van der Waals surface area contributed by atoms with Crippen molar-refractivity contribution in [3.8, 4) is 0 Å². The van der Waals surface area contributed by atoms with E-state index in [2.05, 4.69) is 74.5 Å². The summed E-state index contributed by atoms with van der Waals surface area (Å²) < 4.78 is 31.2. The van der Waals surface area contributed by atoms with Gasteiger partial charge in [-0.15, -0.1) is 0 Å². The summed E-state index contributed by atoms with van der Waals surface area (Å²) in [4.78, 5) is 85.1. The predicted molar refractivity (Wildman–Crippen MR) is 289 cm³/mol. The maximum absolute atomic E-state index is 14.3. The van der Waals surface area contributed by atoms with Gasteiger partial charge in [0.15, 0.2) is 0 Å². The van der Waals surface area contributed by atoms with Crippen LogP contribution in [0.15, 0.2) is 12.2 Å². The van der Waals surface area contributed by atoms with Crippen LogP contribution in [0.1, 0.15) is 192 Å². The minimum Gasteiger partial charge on any atom is -0.550 e. The Balaban J connectivity index is 0.000000266. The Bertz CT molecular complexity index is 2140. The summed E-state index contributed by atoms with van der Waals surface area (Å²) in [5.41, 5.74) is 0.230. The molecule has 0 aromatic heterocycles. The van der Waals surface area contributed by atoms with Gasteiger partial charge in [-0.25, -0.2) is 9.59 Å². The third-order valence-electron chi connectivity index (χ3n) is 22.9. The number of allylic oxidation sites excluding steroid dienone is 2. The van der Waals surface area contributed by atoms with E-state index in [0.29, 0.717) is 85.0 Å². The fraction of sp³-hybridized carbons (Fsp3) is 0.857. The molecule has 0 saturated heterocycles. The summed E-state index contributed by atoms with van der Waals surface area (Å²) in [6, 6.07) is 0. The quantitative estimate of drug-likeness (QED) is 0.0907. The molecule has 8 aliphatic carbocycles. The Morgan fingerprint density at radius 2 is 1.08 bits per heavy atom. The van der Waals surface area contributed by atoms with E-state index in [9.17, 15) is 28.8 Å². The molecule has 15 heteroatoms. The van der Waals surface area contributed by atoms with Crippen LogP contribution in [0.25, 0.3) is 0 Å². The summed E-state index contributed by atoms with van der Waals surface area (Å²) in [5, 5.41) is 8.89. The van der Waals surface area contributed by atoms with Crippen molar-refractivity contribution in [2.75, 3.05) is 27.4 Å². The second kappa shape index (κ2) is 28.1. The molecule has 6 unspecified atom stereocenters. The Morgan fingerprint density at radius 3 is 1.56 bits per heavy atom. The Kier molecular flexibility index (Phi) is 24.1. The van der Waals surface area contributed by atoms with Gasteiger partial charge in [-0.1, -0.05) is 74.5 Å². The number of methoxy groups -OCH3 is 2. The van der Waals surface area contributed by atoms with E-state index >= 15 is 0 Å². The number of hydrogen-bond donors (Lipinski definition) is 0. The normalized spacial score (nSPS) is 40.5. The zero-order valence-corrected chi connectivity index (χ0v) is 56.9. The number of hydrogen-bond acceptors (Lipinski definition) is 14. The van der Waals surface area contributed by atoms with E-state index in [1.165, 1.54) is 14.2 Å². The van der Waals surface area contributed by atoms with Crippen LogP contribution in [-0.4, -0.2) is 81.4 Å². The molecule has 0 aromatic rings. The molecule has 0 heterocycles. The zero-order valence-electron chi connectivity index (χ0n) is 50.6. The largest absolute Gasteiger partial charge is 1.00 e. The van der Waals surface area contributed by atoms with Crippen molar-refractivity contribution in [1.82, 2.24) is 0 Å². The van der Waals surface area contributed by atoms with Gasteiger partial charge in [-0.3, -0.25) is 19.2 Å². The third-order valence-corrected chi connectivity index (χ3v) is 22.9. The van der Waals surface area contributed by atoms with E-state index < -0.39 is 18.3 Å². The molecule has 0 aromatic carbocycles. The third kappa shape index (κ3) is 13.4. The van der Waals surface area contributed by atoms with Crippen LogP contribution < -0.4 is 74.0 Å². The van der Waals surface area contributed by atoms with E-state index in [4.69, 9.17) is 38.3 Å². The second-order valence-corrected chi connectivity index (χ2v) is 26.1. The first-order valence-electron chi connectivity index (χ1n) is 30.1. The standard InChI is InChI=1S/C31H50O6.C30H46O6.C2H4O2.Cs/c1-8-21-24-17-20(37-29(34)36-9-2)14-15-30(24,5)25-16-19(4)31(6)22(18(3)10-13-26(32)35-7)11-12-23(31)27(25)28(21)33;1-7-20-24-17-19(36-28(33)35-8-2)13-15-30(24,5)23-14-16-29(4)21(18(3)9-12-25(31)34-6)10-11-22(29)26(23)27(20)32;1-2(3)4;/h18-25,27H,8-17H2,1-7H3;14,16,18-24,26H,7-13,15,17H2,1-6H3;1H3,(H,3,4);/q;;;+1/p-1/t18-,19+,20-,21-,22-,23?,24+,25?,27?,30+,31-;18-,19-,20-,21-,22?,23?,24+,26?,29-,30-;;/m11../s1. The SMILES string of the molecule is CC(=O)[O-].CCOC(=O)O[C@@H]1CC[C@]2(C)C3C=C[C@@]4(C)C(CC[C@@H]4[C@H](C)CCC(=O)OC)C3C(=O)[C@H](CC)[C@@H]2C1.CCOC(=O)O[C@@H]1CC[C@]2(C)C3C[C@H](C)[C@@]4(C)C(CC[C@@H]4[C@H](C)CCC(=O)OC)C3C(=O)[C@H](CC)[C@@H]2C1.[Cs+]. The van der Waals surface area contributed by atoms with Crippen molar-refractivity contribution in [3.05, 3.63) is 12.2 Å². The molecule has 7 saturated carbocycles. The maximum atomic E-state index is 14.3. The Labute approximate surface area is 527 Å². The van der Waals surface area contributed by atoms with Crippen molar-refractivity contribution in [3.63, 3.8) is 0 Å². The van der Waals surface area contributed by atoms with Crippen LogP contribution in [0.4, 0.5) is 9.59 Å². The molecule has 0 radical (unpaired) electrons. The molecule has 8 aliphatic rings. The summed E-state index contributed by atoms with van der Waals surface area (Å²) in [6.07, 6.45) is 18.3. The Hall–Kier alpha value is -1.92. The maximum Gasteiger partial charge on any atom is 1.00 e. The first-order chi connectivity index (χ1) is 36.4. The van der Waals surface area contributed by atoms with Gasteiger partial charge in [0.2, 0.25) is 0 Å². The number of ketones is 2. The number of carbonyl (C=O) groups excluding carboxylic acids is 7. The molecule has 436 valence electrons. The van der Waals surface area contributed by atoms with Crippen molar-refractivity contribution in [2.45, 2.75) is 204 Å². The molecule has 7 fully saturated rings. The topological polar surface area (TPSA) is 198 Å². The van der Waals surface area contributed by atoms with Gasteiger partial charge >= 0.3 is 93.1 Å². The number of carboxylic acids is 1. The fourth-order valence-electron chi connectivity index (χ4n) is 19.0. The number of carboxylic acid groups (broad SMARTS) is 1. The van der Waals surface area contributed by atoms with Crippen LogP contribution >= 0.6 is 0 Å². The van der Waals surface area contributed by atoms with Gasteiger partial charge in [0.05, 0.1) is 27.4 Å². The minimum absolute atomic E-state index is 0. The Morgan fingerprint density at radius 1 is 0.628 bits per heavy atom. The van der Waals surface area contributed by atoms with E-state index in [1.807, 2.05) is 0 Å². The molecule has 0 aliphatic heterocycles. The summed E-state index contributed by atoms with van der Waals surface area (Å²) in [6.45, 7) is 26.1. The van der Waals surface area contributed by atoms with Crippen molar-refractivity contribution in [2.24, 2.45) is 110 Å². The number of Topliss-reactive ketones (excluding diaryl/α,β-unsaturated/α-hetero) is 2. The number of carbonyl (C=O) groups is 7. The molecule has 0 N–H and O–H groups in total. The average molecular weight is 1210 g/mol. The molecule has 78 heavy (non-hydrogen) atoms. The number of ether oxygens (including phenoxy) is 6. The molecule has 14 nitrogen and oxygen atoms in total. The van der Waals surface area contributed by atoms with Crippen molar-refractivity contribution in [1.29, 1.82) is 0 Å². The van der Waals surface area contributed by atoms with Gasteiger partial charge in [0, 0.05) is 42.5 Å². The monoisotopic (exact) mass is 1210 g/mol. The van der Waals surface area contributed by atoms with Crippen molar-refractivity contribution < 1.29 is 136 Å². The zero-order chi connectivity index (χ0) is 56.9. The number of esters is 2. The van der Waals surface area contributed by atoms with Gasteiger partial charge in [0.1, 0.15) is 23.8 Å². The van der Waals surface area contributed by atoms with Gasteiger partial charge < -0.3 is 38.3 Å². The average Bonchev–Trinajstić information content (AvgIpc) is 4.12. The van der Waals surface area contributed by atoms with Crippen LogP contribution in [0, 0.1) is 110 Å². The van der Waals surface area contributed by atoms with Gasteiger partial charge in [-0.05, 0) is 204 Å². The van der Waals surface area contributed by atoms with E-state index in [1.54, 1.807) is 13.8 Å². The number of fused-ring (bicyclic) bond motifs is 10. The molecule has 8 rings (SSSR count). The van der Waals surface area contributed by atoms with E-state index in [-0.39, 0.29) is 156 Å². The van der Waals surface area contributed by atoms with Gasteiger partial charge in [0.25, 0.3) is 0 Å². The summed E-state index contributed by atoms with van der Waals surface area (Å²) >= 11 is 0. The fourth-order valence-corrected chi connectivity index (χ4v) is 19.0. The van der Waals surface area contributed by atoms with Crippen LogP contribution in [0.5, 0.6) is 0 Å². The predicted octanol–water partition coefficient (Wildman–Crippen LogP) is 8.97. The second-order valence-electron chi connectivity index (χ2n) is 26.1. The molecular weight excluding hydrogens is 1110 g/mol. The summed E-state index contributed by atoms with van der Waals surface area (Å²) in [7, 11) is 2.92. The first kappa shape index (κ1) is 66.9. The van der Waals surface area contributed by atoms with Crippen molar-refractivity contribution >= 4 is 41.8 Å². The molecule has 0 bridgehead atoms. The van der Waals surface area contributed by atoms with Gasteiger partial charge in [-0.2, -0.15) is 0 Å². The molecule has 21 atom stereocenters. The number of aliphatic carboxylic acids is 1.